The Labute approximate surface area is 79.8 Å². The molecule has 0 atom stereocenters. The lowest BCUT2D eigenvalue weighted by atomic mass is 10.3. The topological polar surface area (TPSA) is 46.3 Å². The second-order valence-corrected chi connectivity index (χ2v) is 3.42. The van der Waals surface area contributed by atoms with Gasteiger partial charge in [0, 0.05) is 0 Å². The summed E-state index contributed by atoms with van der Waals surface area (Å²) in [7, 11) is 0. The van der Waals surface area contributed by atoms with Gasteiger partial charge in [0.15, 0.2) is 5.58 Å². The summed E-state index contributed by atoms with van der Waals surface area (Å²) in [4.78, 5) is 5.16. The minimum Gasteiger partial charge on any atom is -0.437 e. The van der Waals surface area contributed by atoms with Gasteiger partial charge in [0.1, 0.15) is 12.1 Å². The zero-order valence-electron chi connectivity index (χ0n) is 7.15. The van der Waals surface area contributed by atoms with E-state index in [0.717, 1.165) is 16.0 Å². The number of aliphatic hydroxyl groups excluding tert-OH is 1. The lowest BCUT2D eigenvalue weighted by Gasteiger charge is -1.93. The molecule has 0 radical (unpaired) electrons. The van der Waals surface area contributed by atoms with Crippen LogP contribution in [0.2, 0.25) is 0 Å². The summed E-state index contributed by atoms with van der Waals surface area (Å²) < 4.78 is 5.36. The molecule has 1 aromatic heterocycles. The second kappa shape index (κ2) is 3.40. The van der Waals surface area contributed by atoms with Crippen LogP contribution in [0, 0.1) is 0 Å². The molecule has 0 spiro atoms. The van der Waals surface area contributed by atoms with Crippen LogP contribution in [0.3, 0.4) is 0 Å². The SMILES string of the molecule is CSc1cccc2nc(CO)oc12. The van der Waals surface area contributed by atoms with Crippen molar-refractivity contribution in [2.24, 2.45) is 0 Å². The van der Waals surface area contributed by atoms with Crippen LogP contribution >= 0.6 is 11.8 Å². The summed E-state index contributed by atoms with van der Waals surface area (Å²) in [5.74, 6) is 0.372. The second-order valence-electron chi connectivity index (χ2n) is 2.57. The zero-order valence-corrected chi connectivity index (χ0v) is 7.97. The Kier molecular flexibility index (Phi) is 2.24. The van der Waals surface area contributed by atoms with Crippen LogP contribution in [0.1, 0.15) is 5.89 Å². The summed E-state index contributed by atoms with van der Waals surface area (Å²) in [5, 5.41) is 8.84. The standard InChI is InChI=1S/C9H9NO2S/c1-13-7-4-2-3-6-9(7)12-8(5-11)10-6/h2-4,11H,5H2,1H3. The molecule has 0 aliphatic carbocycles. The Bertz CT molecular complexity index is 424. The van der Waals surface area contributed by atoms with Gasteiger partial charge in [-0.1, -0.05) is 6.07 Å². The van der Waals surface area contributed by atoms with Crippen molar-refractivity contribution in [3.63, 3.8) is 0 Å². The number of benzene rings is 1. The molecule has 68 valence electrons. The van der Waals surface area contributed by atoms with Crippen LogP contribution in [0.5, 0.6) is 0 Å². The van der Waals surface area contributed by atoms with Crippen LogP contribution in [0.25, 0.3) is 11.1 Å². The summed E-state index contributed by atoms with van der Waals surface area (Å²) in [6.45, 7) is -0.150. The van der Waals surface area contributed by atoms with E-state index in [1.807, 2.05) is 24.5 Å². The highest BCUT2D eigenvalue weighted by atomic mass is 32.2. The maximum absolute atomic E-state index is 8.84. The summed E-state index contributed by atoms with van der Waals surface area (Å²) >= 11 is 1.61. The van der Waals surface area contributed by atoms with Gasteiger partial charge >= 0.3 is 0 Å². The van der Waals surface area contributed by atoms with E-state index in [2.05, 4.69) is 4.98 Å². The first-order valence-electron chi connectivity index (χ1n) is 3.88. The summed E-state index contributed by atoms with van der Waals surface area (Å²) in [5.41, 5.74) is 1.56. The van der Waals surface area contributed by atoms with Crippen LogP contribution in [-0.2, 0) is 6.61 Å². The minimum atomic E-state index is -0.150. The van der Waals surface area contributed by atoms with Crippen LogP contribution in [-0.4, -0.2) is 16.3 Å². The molecule has 0 aliphatic heterocycles. The smallest absolute Gasteiger partial charge is 0.221 e. The highest BCUT2D eigenvalue weighted by Crippen LogP contribution is 2.26. The van der Waals surface area contributed by atoms with Gasteiger partial charge in [0.25, 0.3) is 0 Å². The maximum Gasteiger partial charge on any atom is 0.221 e. The third-order valence-electron chi connectivity index (χ3n) is 1.78. The first kappa shape index (κ1) is 8.59. The van der Waals surface area contributed by atoms with Crippen molar-refractivity contribution >= 4 is 22.9 Å². The fourth-order valence-corrected chi connectivity index (χ4v) is 1.74. The molecule has 1 heterocycles. The van der Waals surface area contributed by atoms with Crippen molar-refractivity contribution in [2.75, 3.05) is 6.26 Å². The molecule has 0 saturated carbocycles. The third-order valence-corrected chi connectivity index (χ3v) is 2.54. The molecule has 2 rings (SSSR count). The van der Waals surface area contributed by atoms with Crippen molar-refractivity contribution in [1.29, 1.82) is 0 Å². The Hall–Kier alpha value is -1.00. The Morgan fingerprint density at radius 3 is 3.08 bits per heavy atom. The average Bonchev–Trinajstić information content (AvgIpc) is 2.59. The summed E-state index contributed by atoms with van der Waals surface area (Å²) in [6.07, 6.45) is 1.98. The van der Waals surface area contributed by atoms with Gasteiger partial charge in [-0.2, -0.15) is 0 Å². The molecule has 0 bridgehead atoms. The van der Waals surface area contributed by atoms with E-state index in [-0.39, 0.29) is 6.61 Å². The molecule has 2 aromatic rings. The lowest BCUT2D eigenvalue weighted by Crippen LogP contribution is -1.78. The van der Waals surface area contributed by atoms with Crippen molar-refractivity contribution in [1.82, 2.24) is 4.98 Å². The number of oxazole rings is 1. The first-order chi connectivity index (χ1) is 6.35. The van der Waals surface area contributed by atoms with E-state index in [0.29, 0.717) is 5.89 Å². The Morgan fingerprint density at radius 2 is 2.38 bits per heavy atom. The van der Waals surface area contributed by atoms with Gasteiger partial charge in [-0.25, -0.2) is 4.98 Å². The number of aromatic nitrogens is 1. The number of hydrogen-bond donors (Lipinski definition) is 1. The Morgan fingerprint density at radius 1 is 1.54 bits per heavy atom. The van der Waals surface area contributed by atoms with E-state index < -0.39 is 0 Å². The fourth-order valence-electron chi connectivity index (χ4n) is 1.20. The van der Waals surface area contributed by atoms with E-state index in [1.165, 1.54) is 0 Å². The van der Waals surface area contributed by atoms with E-state index in [9.17, 15) is 0 Å². The number of nitrogens with zero attached hydrogens (tertiary/aromatic N) is 1. The van der Waals surface area contributed by atoms with Gasteiger partial charge in [0.05, 0.1) is 4.90 Å². The molecular weight excluding hydrogens is 186 g/mol. The quantitative estimate of drug-likeness (QED) is 0.745. The van der Waals surface area contributed by atoms with E-state index >= 15 is 0 Å². The zero-order chi connectivity index (χ0) is 9.26. The number of aliphatic hydroxyl groups is 1. The van der Waals surface area contributed by atoms with Crippen molar-refractivity contribution in [2.45, 2.75) is 11.5 Å². The molecule has 0 amide bonds. The Balaban J connectivity index is 2.67. The van der Waals surface area contributed by atoms with Crippen molar-refractivity contribution < 1.29 is 9.52 Å². The van der Waals surface area contributed by atoms with Crippen LogP contribution < -0.4 is 0 Å². The highest BCUT2D eigenvalue weighted by Gasteiger charge is 2.07. The lowest BCUT2D eigenvalue weighted by molar-refractivity contribution is 0.243. The number of para-hydroxylation sites is 1. The number of thioether (sulfide) groups is 1. The molecule has 0 unspecified atom stereocenters. The maximum atomic E-state index is 8.84. The molecule has 1 N–H and O–H groups in total. The van der Waals surface area contributed by atoms with Gasteiger partial charge in [-0.05, 0) is 18.4 Å². The van der Waals surface area contributed by atoms with E-state index in [4.69, 9.17) is 9.52 Å². The number of rotatable bonds is 2. The predicted molar refractivity (Wildman–Crippen MR) is 51.7 cm³/mol. The fraction of sp³-hybridized carbons (Fsp3) is 0.222. The van der Waals surface area contributed by atoms with Gasteiger partial charge in [-0.15, -0.1) is 11.8 Å². The van der Waals surface area contributed by atoms with Gasteiger partial charge in [0.2, 0.25) is 5.89 Å². The van der Waals surface area contributed by atoms with Gasteiger partial charge in [-0.3, -0.25) is 0 Å². The molecule has 0 aliphatic rings. The van der Waals surface area contributed by atoms with Crippen LogP contribution in [0.15, 0.2) is 27.5 Å². The first-order valence-corrected chi connectivity index (χ1v) is 5.11. The molecule has 3 nitrogen and oxygen atoms in total. The van der Waals surface area contributed by atoms with Crippen LogP contribution in [0.4, 0.5) is 0 Å². The number of hydrogen-bond acceptors (Lipinski definition) is 4. The van der Waals surface area contributed by atoms with Crippen molar-refractivity contribution in [3.05, 3.63) is 24.1 Å². The van der Waals surface area contributed by atoms with Gasteiger partial charge < -0.3 is 9.52 Å². The largest absolute Gasteiger partial charge is 0.437 e. The molecule has 13 heavy (non-hydrogen) atoms. The molecule has 4 heteroatoms. The van der Waals surface area contributed by atoms with E-state index in [1.54, 1.807) is 11.8 Å². The highest BCUT2D eigenvalue weighted by molar-refractivity contribution is 7.98. The monoisotopic (exact) mass is 195 g/mol. The average molecular weight is 195 g/mol. The molecular formula is C9H9NO2S. The minimum absolute atomic E-state index is 0.150. The predicted octanol–water partition coefficient (Wildman–Crippen LogP) is 2.04. The normalized spacial score (nSPS) is 10.9. The number of fused-ring (bicyclic) bond motifs is 1. The molecule has 1 aromatic carbocycles. The van der Waals surface area contributed by atoms with Crippen molar-refractivity contribution in [3.8, 4) is 0 Å². The molecule has 0 saturated heterocycles. The third kappa shape index (κ3) is 1.43. The summed E-state index contributed by atoms with van der Waals surface area (Å²) in [6, 6.07) is 5.77. The molecule has 0 fully saturated rings.